The molecule has 0 aliphatic carbocycles. The molecule has 7 heteroatoms. The highest BCUT2D eigenvalue weighted by Crippen LogP contribution is 2.11. The van der Waals surface area contributed by atoms with Crippen LogP contribution in [-0.2, 0) is 4.79 Å². The number of rotatable bonds is 7. The van der Waals surface area contributed by atoms with Crippen LogP contribution in [0.5, 0.6) is 0 Å². The van der Waals surface area contributed by atoms with Crippen LogP contribution in [0, 0.1) is 6.92 Å². The topological polar surface area (TPSA) is 98.1 Å². The molecule has 19 heavy (non-hydrogen) atoms. The Hall–Kier alpha value is -1.76. The monoisotopic (exact) mass is 281 g/mol. The smallest absolute Gasteiger partial charge is 0.237 e. The zero-order valence-electron chi connectivity index (χ0n) is 11.2. The van der Waals surface area contributed by atoms with Gasteiger partial charge in [0.25, 0.3) is 0 Å². The van der Waals surface area contributed by atoms with Gasteiger partial charge in [-0.25, -0.2) is 9.97 Å². The molecule has 0 saturated heterocycles. The molecule has 0 fully saturated rings. The predicted octanol–water partition coefficient (Wildman–Crippen LogP) is 0.511. The van der Waals surface area contributed by atoms with Gasteiger partial charge in [-0.05, 0) is 19.4 Å². The summed E-state index contributed by atoms with van der Waals surface area (Å²) in [5.74, 6) is 0.0214. The first-order valence-corrected chi connectivity index (χ1v) is 6.53. The van der Waals surface area contributed by atoms with Gasteiger partial charge in [0.1, 0.15) is 10.7 Å². The Kier molecular flexibility index (Phi) is 5.62. The molecular weight excluding hydrogens is 262 g/mol. The van der Waals surface area contributed by atoms with Gasteiger partial charge in [0.2, 0.25) is 11.9 Å². The first kappa shape index (κ1) is 15.3. The second-order valence-electron chi connectivity index (χ2n) is 4.30. The molecule has 1 rings (SSSR count). The van der Waals surface area contributed by atoms with Gasteiger partial charge in [-0.2, -0.15) is 0 Å². The average molecular weight is 281 g/mol. The minimum absolute atomic E-state index is 0.0836. The minimum Gasteiger partial charge on any atom is -0.388 e. The fraction of sp³-hybridized carbons (Fsp3) is 0.500. The molecule has 0 aliphatic heterocycles. The number of aromatic nitrogens is 2. The van der Waals surface area contributed by atoms with E-state index in [1.165, 1.54) is 0 Å². The first-order chi connectivity index (χ1) is 8.93. The van der Waals surface area contributed by atoms with Crippen molar-refractivity contribution in [2.75, 3.05) is 18.0 Å². The molecule has 1 amide bonds. The molecule has 0 unspecified atom stereocenters. The van der Waals surface area contributed by atoms with Crippen LogP contribution in [0.25, 0.3) is 0 Å². The summed E-state index contributed by atoms with van der Waals surface area (Å²) in [6.45, 7) is 4.65. The number of unbranched alkanes of at least 4 members (excludes halogenated alkanes) is 1. The molecule has 0 aliphatic rings. The molecule has 104 valence electrons. The van der Waals surface area contributed by atoms with E-state index in [0.29, 0.717) is 18.2 Å². The van der Waals surface area contributed by atoms with Crippen LogP contribution in [0.1, 0.15) is 31.2 Å². The number of nitrogens with two attached hydrogens (primary N) is 2. The van der Waals surface area contributed by atoms with E-state index in [4.69, 9.17) is 23.7 Å². The lowest BCUT2D eigenvalue weighted by molar-refractivity contribution is -0.116. The maximum absolute atomic E-state index is 11.1. The Morgan fingerprint density at radius 3 is 2.63 bits per heavy atom. The zero-order chi connectivity index (χ0) is 14.4. The molecule has 0 atom stereocenters. The SMILES string of the molecule is CCCCN(CC(N)=O)c1nc(C)cc(C(N)=S)n1. The first-order valence-electron chi connectivity index (χ1n) is 6.12. The van der Waals surface area contributed by atoms with Gasteiger partial charge in [0, 0.05) is 12.2 Å². The number of thiocarbonyl (C=S) groups is 1. The van der Waals surface area contributed by atoms with Gasteiger partial charge in [-0.3, -0.25) is 4.79 Å². The summed E-state index contributed by atoms with van der Waals surface area (Å²) in [5.41, 5.74) is 12.1. The molecule has 0 radical (unpaired) electrons. The number of primary amides is 1. The zero-order valence-corrected chi connectivity index (χ0v) is 12.0. The Bertz CT molecular complexity index is 477. The van der Waals surface area contributed by atoms with Crippen LogP contribution >= 0.6 is 12.2 Å². The second kappa shape index (κ2) is 6.98. The van der Waals surface area contributed by atoms with E-state index in [2.05, 4.69) is 16.9 Å². The Labute approximate surface area is 118 Å². The Morgan fingerprint density at radius 2 is 2.11 bits per heavy atom. The average Bonchev–Trinajstić information content (AvgIpc) is 2.33. The number of anilines is 1. The van der Waals surface area contributed by atoms with Gasteiger partial charge >= 0.3 is 0 Å². The molecule has 0 spiro atoms. The van der Waals surface area contributed by atoms with Crippen LogP contribution in [0.15, 0.2) is 6.07 Å². The van der Waals surface area contributed by atoms with Crippen molar-refractivity contribution in [2.45, 2.75) is 26.7 Å². The summed E-state index contributed by atoms with van der Waals surface area (Å²) in [5, 5.41) is 0. The molecular formula is C12H19N5OS. The summed E-state index contributed by atoms with van der Waals surface area (Å²) in [6, 6.07) is 1.72. The van der Waals surface area contributed by atoms with Crippen LogP contribution in [0.2, 0.25) is 0 Å². The summed E-state index contributed by atoms with van der Waals surface area (Å²) in [4.78, 5) is 21.7. The summed E-state index contributed by atoms with van der Waals surface area (Å²) < 4.78 is 0. The number of aryl methyl sites for hydroxylation is 1. The molecule has 0 bridgehead atoms. The third-order valence-corrected chi connectivity index (χ3v) is 2.72. The van der Waals surface area contributed by atoms with Crippen LogP contribution < -0.4 is 16.4 Å². The molecule has 1 heterocycles. The largest absolute Gasteiger partial charge is 0.388 e. The Morgan fingerprint density at radius 1 is 1.42 bits per heavy atom. The molecule has 1 aromatic heterocycles. The minimum atomic E-state index is -0.418. The number of amides is 1. The van der Waals surface area contributed by atoms with Crippen molar-refractivity contribution in [1.82, 2.24) is 9.97 Å². The van der Waals surface area contributed by atoms with E-state index in [0.717, 1.165) is 18.5 Å². The van der Waals surface area contributed by atoms with Gasteiger partial charge in [-0.1, -0.05) is 25.6 Å². The lowest BCUT2D eigenvalue weighted by Crippen LogP contribution is -2.36. The van der Waals surface area contributed by atoms with Crippen molar-refractivity contribution < 1.29 is 4.79 Å². The molecule has 4 N–H and O–H groups in total. The Balaban J connectivity index is 3.05. The van der Waals surface area contributed by atoms with Crippen molar-refractivity contribution in [2.24, 2.45) is 11.5 Å². The van der Waals surface area contributed by atoms with Gasteiger partial charge in [0.05, 0.1) is 6.54 Å². The number of hydrogen-bond donors (Lipinski definition) is 2. The molecule has 0 saturated carbocycles. The van der Waals surface area contributed by atoms with Crippen LogP contribution in [0.3, 0.4) is 0 Å². The number of nitrogens with zero attached hydrogens (tertiary/aromatic N) is 3. The third kappa shape index (κ3) is 4.78. The lowest BCUT2D eigenvalue weighted by atomic mass is 10.3. The quantitative estimate of drug-likeness (QED) is 0.707. The second-order valence-corrected chi connectivity index (χ2v) is 4.74. The van der Waals surface area contributed by atoms with Crippen LogP contribution in [-0.4, -0.2) is 34.0 Å². The summed E-state index contributed by atoms with van der Waals surface area (Å²) in [7, 11) is 0. The fourth-order valence-electron chi connectivity index (χ4n) is 1.61. The molecule has 0 aromatic carbocycles. The summed E-state index contributed by atoms with van der Waals surface area (Å²) >= 11 is 4.92. The van der Waals surface area contributed by atoms with Gasteiger partial charge in [-0.15, -0.1) is 0 Å². The van der Waals surface area contributed by atoms with Gasteiger partial charge < -0.3 is 16.4 Å². The fourth-order valence-corrected chi connectivity index (χ4v) is 1.71. The maximum atomic E-state index is 11.1. The van der Waals surface area contributed by atoms with Gasteiger partial charge in [0.15, 0.2) is 0 Å². The van der Waals surface area contributed by atoms with E-state index in [1.54, 1.807) is 11.0 Å². The summed E-state index contributed by atoms with van der Waals surface area (Å²) in [6.07, 6.45) is 1.93. The number of hydrogen-bond acceptors (Lipinski definition) is 5. The van der Waals surface area contributed by atoms with E-state index >= 15 is 0 Å². The van der Waals surface area contributed by atoms with Crippen molar-refractivity contribution in [3.05, 3.63) is 17.5 Å². The number of carbonyl (C=O) groups excluding carboxylic acids is 1. The van der Waals surface area contributed by atoms with E-state index in [9.17, 15) is 4.79 Å². The third-order valence-electron chi connectivity index (χ3n) is 2.51. The molecule has 6 nitrogen and oxygen atoms in total. The van der Waals surface area contributed by atoms with Crippen molar-refractivity contribution in [3.63, 3.8) is 0 Å². The molecule has 1 aromatic rings. The number of carbonyl (C=O) groups is 1. The van der Waals surface area contributed by atoms with Crippen molar-refractivity contribution in [1.29, 1.82) is 0 Å². The standard InChI is InChI=1S/C12H19N5OS/c1-3-4-5-17(7-10(13)18)12-15-8(2)6-9(16-12)11(14)19/h6H,3-5,7H2,1-2H3,(H2,13,18)(H2,14,19). The van der Waals surface area contributed by atoms with Crippen molar-refractivity contribution >= 4 is 29.1 Å². The van der Waals surface area contributed by atoms with Crippen molar-refractivity contribution in [3.8, 4) is 0 Å². The van der Waals surface area contributed by atoms with E-state index < -0.39 is 5.91 Å². The normalized spacial score (nSPS) is 10.2. The van der Waals surface area contributed by atoms with Crippen LogP contribution in [0.4, 0.5) is 5.95 Å². The highest BCUT2D eigenvalue weighted by molar-refractivity contribution is 7.80. The van der Waals surface area contributed by atoms with E-state index in [1.807, 2.05) is 6.92 Å². The maximum Gasteiger partial charge on any atom is 0.237 e. The lowest BCUT2D eigenvalue weighted by Gasteiger charge is -2.21. The highest BCUT2D eigenvalue weighted by Gasteiger charge is 2.14. The predicted molar refractivity (Wildman–Crippen MR) is 79.0 cm³/mol. The van der Waals surface area contributed by atoms with E-state index in [-0.39, 0.29) is 11.5 Å². The highest BCUT2D eigenvalue weighted by atomic mass is 32.1.